The third-order valence-corrected chi connectivity index (χ3v) is 5.31. The van der Waals surface area contributed by atoms with Crippen LogP contribution in [0.1, 0.15) is 22.3 Å². The first-order valence-corrected chi connectivity index (χ1v) is 9.99. The van der Waals surface area contributed by atoms with Crippen LogP contribution in [0.5, 0.6) is 5.75 Å². The maximum Gasteiger partial charge on any atom is 0.257 e. The molecule has 4 rings (SSSR count). The van der Waals surface area contributed by atoms with E-state index in [-0.39, 0.29) is 24.8 Å². The normalized spacial score (nSPS) is 15.8. The van der Waals surface area contributed by atoms with E-state index in [1.54, 1.807) is 55.6 Å². The van der Waals surface area contributed by atoms with Gasteiger partial charge in [0.05, 0.1) is 19.2 Å². The van der Waals surface area contributed by atoms with Crippen molar-refractivity contribution >= 4 is 23.4 Å². The van der Waals surface area contributed by atoms with Crippen LogP contribution >= 0.6 is 0 Å². The lowest BCUT2D eigenvalue weighted by atomic mass is 10.1. The van der Waals surface area contributed by atoms with Crippen molar-refractivity contribution in [1.82, 2.24) is 4.90 Å². The predicted octanol–water partition coefficient (Wildman–Crippen LogP) is 3.67. The maximum atomic E-state index is 13.4. The first-order chi connectivity index (χ1) is 15.1. The lowest BCUT2D eigenvalue weighted by Crippen LogP contribution is -2.45. The van der Waals surface area contributed by atoms with E-state index in [4.69, 9.17) is 4.74 Å². The number of methoxy groups -OCH3 is 1. The van der Waals surface area contributed by atoms with Gasteiger partial charge in [0.15, 0.2) is 0 Å². The Labute approximate surface area is 180 Å². The summed E-state index contributed by atoms with van der Waals surface area (Å²) in [7, 11) is 1.56. The quantitative estimate of drug-likeness (QED) is 0.577. The van der Waals surface area contributed by atoms with Gasteiger partial charge in [0.25, 0.3) is 11.8 Å². The molecule has 0 aromatic heterocycles. The number of hydrogen-bond donors (Lipinski definition) is 0. The lowest BCUT2D eigenvalue weighted by molar-refractivity contribution is -0.122. The van der Waals surface area contributed by atoms with Gasteiger partial charge in [-0.3, -0.25) is 14.4 Å². The van der Waals surface area contributed by atoms with Gasteiger partial charge >= 0.3 is 0 Å². The largest absolute Gasteiger partial charge is 0.497 e. The molecule has 1 saturated heterocycles. The Bertz CT molecular complexity index is 1080. The molecule has 1 aliphatic heterocycles. The van der Waals surface area contributed by atoms with Crippen LogP contribution in [0.2, 0.25) is 0 Å². The van der Waals surface area contributed by atoms with E-state index in [9.17, 15) is 14.4 Å². The zero-order valence-electron chi connectivity index (χ0n) is 17.1. The second-order valence-electron chi connectivity index (χ2n) is 7.27. The van der Waals surface area contributed by atoms with Gasteiger partial charge in [0, 0.05) is 12.1 Å². The molecule has 0 saturated carbocycles. The average molecular weight is 414 g/mol. The number of carbonyl (C=O) groups is 3. The maximum absolute atomic E-state index is 13.4. The topological polar surface area (TPSA) is 66.9 Å². The fraction of sp³-hybridized carbons (Fsp3) is 0.160. The molecule has 1 atom stereocenters. The molecule has 1 fully saturated rings. The van der Waals surface area contributed by atoms with Gasteiger partial charge in [-0.15, -0.1) is 0 Å². The summed E-state index contributed by atoms with van der Waals surface area (Å²) in [6, 6.07) is 24.1. The highest BCUT2D eigenvalue weighted by molar-refractivity contribution is 6.23. The average Bonchev–Trinajstić information content (AvgIpc) is 3.11. The summed E-state index contributed by atoms with van der Waals surface area (Å²) < 4.78 is 5.17. The molecule has 1 unspecified atom stereocenters. The van der Waals surface area contributed by atoms with E-state index < -0.39 is 11.9 Å². The van der Waals surface area contributed by atoms with E-state index >= 15 is 0 Å². The molecule has 6 nitrogen and oxygen atoms in total. The van der Waals surface area contributed by atoms with Crippen molar-refractivity contribution in [3.05, 3.63) is 96.1 Å². The second-order valence-corrected chi connectivity index (χ2v) is 7.27. The Morgan fingerprint density at radius 3 is 2.16 bits per heavy atom. The van der Waals surface area contributed by atoms with Crippen LogP contribution in [-0.4, -0.2) is 35.8 Å². The standard InChI is InChI=1S/C25H22N2O4/c1-31-21-14-12-19(13-15-21)24(29)26(17-18-8-4-2-5-9-18)22-16-23(28)27(25(22)30)20-10-6-3-7-11-20/h2-15,22H,16-17H2,1H3. The molecule has 1 aliphatic rings. The Hall–Kier alpha value is -3.93. The van der Waals surface area contributed by atoms with Crippen LogP contribution in [0.25, 0.3) is 0 Å². The lowest BCUT2D eigenvalue weighted by Gasteiger charge is -2.28. The summed E-state index contributed by atoms with van der Waals surface area (Å²) in [6.45, 7) is 0.220. The molecule has 1 heterocycles. The number of imide groups is 1. The number of amides is 3. The molecule has 0 N–H and O–H groups in total. The first-order valence-electron chi connectivity index (χ1n) is 9.99. The van der Waals surface area contributed by atoms with Gasteiger partial charge < -0.3 is 9.64 Å². The highest BCUT2D eigenvalue weighted by atomic mass is 16.5. The van der Waals surface area contributed by atoms with Crippen molar-refractivity contribution in [3.8, 4) is 5.75 Å². The van der Waals surface area contributed by atoms with E-state index in [1.807, 2.05) is 36.4 Å². The SMILES string of the molecule is COc1ccc(C(=O)N(Cc2ccccc2)C2CC(=O)N(c3ccccc3)C2=O)cc1. The summed E-state index contributed by atoms with van der Waals surface area (Å²) >= 11 is 0. The number of hydrogen-bond acceptors (Lipinski definition) is 4. The molecule has 3 aromatic carbocycles. The number of rotatable bonds is 6. The molecule has 0 aliphatic carbocycles. The van der Waals surface area contributed by atoms with Crippen LogP contribution in [-0.2, 0) is 16.1 Å². The number of ether oxygens (including phenoxy) is 1. The summed E-state index contributed by atoms with van der Waals surface area (Å²) in [5, 5.41) is 0. The van der Waals surface area contributed by atoms with Gasteiger partial charge in [0.1, 0.15) is 11.8 Å². The van der Waals surface area contributed by atoms with Crippen molar-refractivity contribution in [2.45, 2.75) is 19.0 Å². The number of nitrogens with zero attached hydrogens (tertiary/aromatic N) is 2. The highest BCUT2D eigenvalue weighted by Gasteiger charge is 2.44. The van der Waals surface area contributed by atoms with Crippen molar-refractivity contribution in [3.63, 3.8) is 0 Å². The number of para-hydroxylation sites is 1. The van der Waals surface area contributed by atoms with Crippen LogP contribution in [0, 0.1) is 0 Å². The minimum absolute atomic E-state index is 0.0531. The van der Waals surface area contributed by atoms with Gasteiger partial charge in [-0.1, -0.05) is 48.5 Å². The predicted molar refractivity (Wildman–Crippen MR) is 117 cm³/mol. The molecule has 156 valence electrons. The summed E-state index contributed by atoms with van der Waals surface area (Å²) in [5.74, 6) is -0.392. The highest BCUT2D eigenvalue weighted by Crippen LogP contribution is 2.28. The first kappa shape index (κ1) is 20.3. The fourth-order valence-electron chi connectivity index (χ4n) is 3.71. The zero-order chi connectivity index (χ0) is 21.8. The van der Waals surface area contributed by atoms with Crippen molar-refractivity contribution < 1.29 is 19.1 Å². The molecule has 31 heavy (non-hydrogen) atoms. The monoisotopic (exact) mass is 414 g/mol. The van der Waals surface area contributed by atoms with Gasteiger partial charge in [-0.25, -0.2) is 4.90 Å². The fourth-order valence-corrected chi connectivity index (χ4v) is 3.71. The molecular weight excluding hydrogens is 392 g/mol. The van der Waals surface area contributed by atoms with E-state index in [0.717, 1.165) is 5.56 Å². The third kappa shape index (κ3) is 4.19. The molecule has 0 spiro atoms. The van der Waals surface area contributed by atoms with Crippen LogP contribution in [0.3, 0.4) is 0 Å². The summed E-state index contributed by atoms with van der Waals surface area (Å²) in [4.78, 5) is 42.1. The minimum atomic E-state index is -0.873. The number of carbonyl (C=O) groups excluding carboxylic acids is 3. The van der Waals surface area contributed by atoms with Crippen LogP contribution in [0.15, 0.2) is 84.9 Å². The molecular formula is C25H22N2O4. The van der Waals surface area contributed by atoms with Crippen molar-refractivity contribution in [2.24, 2.45) is 0 Å². The van der Waals surface area contributed by atoms with Gasteiger partial charge in [-0.2, -0.15) is 0 Å². The van der Waals surface area contributed by atoms with Crippen LogP contribution < -0.4 is 9.64 Å². The van der Waals surface area contributed by atoms with Crippen molar-refractivity contribution in [1.29, 1.82) is 0 Å². The van der Waals surface area contributed by atoms with Gasteiger partial charge in [0.2, 0.25) is 5.91 Å². The molecule has 3 amide bonds. The molecule has 0 bridgehead atoms. The van der Waals surface area contributed by atoms with Gasteiger partial charge in [-0.05, 0) is 42.0 Å². The van der Waals surface area contributed by atoms with E-state index in [2.05, 4.69) is 0 Å². The Kier molecular flexibility index (Phi) is 5.80. The second kappa shape index (κ2) is 8.83. The van der Waals surface area contributed by atoms with Crippen LogP contribution in [0.4, 0.5) is 5.69 Å². The Morgan fingerprint density at radius 1 is 0.935 bits per heavy atom. The van der Waals surface area contributed by atoms with E-state index in [0.29, 0.717) is 17.0 Å². The molecule has 3 aromatic rings. The smallest absolute Gasteiger partial charge is 0.257 e. The molecule has 6 heteroatoms. The van der Waals surface area contributed by atoms with E-state index in [1.165, 1.54) is 9.80 Å². The third-order valence-electron chi connectivity index (χ3n) is 5.31. The molecule has 0 radical (unpaired) electrons. The number of anilines is 1. The van der Waals surface area contributed by atoms with Crippen molar-refractivity contribution in [2.75, 3.05) is 12.0 Å². The minimum Gasteiger partial charge on any atom is -0.497 e. The number of benzene rings is 3. The Morgan fingerprint density at radius 2 is 1.55 bits per heavy atom. The zero-order valence-corrected chi connectivity index (χ0v) is 17.1. The Balaban J connectivity index is 1.67. The summed E-state index contributed by atoms with van der Waals surface area (Å²) in [6.07, 6.45) is -0.0531. The summed E-state index contributed by atoms with van der Waals surface area (Å²) in [5.41, 5.74) is 1.81.